The Kier molecular flexibility index (Phi) is 1.43. The van der Waals surface area contributed by atoms with Gasteiger partial charge in [-0.2, -0.15) is 0 Å². The summed E-state index contributed by atoms with van der Waals surface area (Å²) >= 11 is 6.00. The molecular formula is C8H11ClO2. The molecule has 0 aromatic rings. The Labute approximate surface area is 70.5 Å². The number of fused-ring (bicyclic) bond motifs is 2. The Bertz CT molecular complexity index is 204. The lowest BCUT2D eigenvalue weighted by molar-refractivity contribution is -0.141. The zero-order valence-corrected chi connectivity index (χ0v) is 6.97. The van der Waals surface area contributed by atoms with Crippen molar-refractivity contribution in [3.8, 4) is 0 Å². The average Bonchev–Trinajstić information content (AvgIpc) is 2.45. The first-order chi connectivity index (χ1) is 5.13. The summed E-state index contributed by atoms with van der Waals surface area (Å²) in [5, 5.41) is 8.86. The summed E-state index contributed by atoms with van der Waals surface area (Å²) in [6, 6.07) is 0. The van der Waals surface area contributed by atoms with Crippen molar-refractivity contribution in [2.45, 2.75) is 30.6 Å². The maximum atomic E-state index is 10.8. The molecular weight excluding hydrogens is 164 g/mol. The molecule has 2 fully saturated rings. The third kappa shape index (κ3) is 0.886. The molecule has 2 saturated carbocycles. The molecule has 1 N–H and O–H groups in total. The van der Waals surface area contributed by atoms with Crippen LogP contribution >= 0.6 is 11.6 Å². The monoisotopic (exact) mass is 174 g/mol. The summed E-state index contributed by atoms with van der Waals surface area (Å²) in [7, 11) is 0. The number of halogens is 1. The predicted molar refractivity (Wildman–Crippen MR) is 41.7 cm³/mol. The SMILES string of the molecule is O=C(O)[C@]1(Cl)C[C@H]2CC[C@@H]1C2. The second kappa shape index (κ2) is 2.13. The van der Waals surface area contributed by atoms with Crippen molar-refractivity contribution in [1.29, 1.82) is 0 Å². The molecule has 3 heteroatoms. The summed E-state index contributed by atoms with van der Waals surface area (Å²) < 4.78 is 0. The number of carboxylic acid groups (broad SMARTS) is 1. The van der Waals surface area contributed by atoms with Gasteiger partial charge in [-0.15, -0.1) is 11.6 Å². The van der Waals surface area contributed by atoms with Crippen LogP contribution in [0.4, 0.5) is 0 Å². The lowest BCUT2D eigenvalue weighted by atomic mass is 9.88. The van der Waals surface area contributed by atoms with Gasteiger partial charge in [-0.3, -0.25) is 4.79 Å². The van der Waals surface area contributed by atoms with Gasteiger partial charge in [0.25, 0.3) is 0 Å². The quantitative estimate of drug-likeness (QED) is 0.617. The number of carbonyl (C=O) groups is 1. The molecule has 0 spiro atoms. The zero-order chi connectivity index (χ0) is 8.06. The highest BCUT2D eigenvalue weighted by Crippen LogP contribution is 2.54. The topological polar surface area (TPSA) is 37.3 Å². The Hall–Kier alpha value is -0.240. The minimum Gasteiger partial charge on any atom is -0.480 e. The molecule has 2 aliphatic carbocycles. The van der Waals surface area contributed by atoms with Crippen LogP contribution in [0.5, 0.6) is 0 Å². The molecule has 2 rings (SSSR count). The number of carboxylic acids is 1. The minimum absolute atomic E-state index is 0.242. The molecule has 11 heavy (non-hydrogen) atoms. The standard InChI is InChI=1S/C8H11ClO2/c9-8(7(10)11)4-5-1-2-6(8)3-5/h5-6H,1-4H2,(H,10,11)/t5-,6+,8-/m0/s1. The summed E-state index contributed by atoms with van der Waals surface area (Å²) in [6.45, 7) is 0. The first-order valence-corrected chi connectivity index (χ1v) is 4.43. The van der Waals surface area contributed by atoms with E-state index in [1.54, 1.807) is 0 Å². The van der Waals surface area contributed by atoms with Gasteiger partial charge in [0, 0.05) is 0 Å². The van der Waals surface area contributed by atoms with Gasteiger partial charge in [-0.25, -0.2) is 0 Å². The second-order valence-corrected chi connectivity index (χ2v) is 4.42. The fraction of sp³-hybridized carbons (Fsp3) is 0.875. The van der Waals surface area contributed by atoms with Crippen molar-refractivity contribution in [3.05, 3.63) is 0 Å². The van der Waals surface area contributed by atoms with E-state index in [1.807, 2.05) is 0 Å². The van der Waals surface area contributed by atoms with Gasteiger partial charge >= 0.3 is 5.97 Å². The number of alkyl halides is 1. The molecule has 0 heterocycles. The molecule has 0 aliphatic heterocycles. The van der Waals surface area contributed by atoms with Crippen LogP contribution in [-0.2, 0) is 4.79 Å². The number of hydrogen-bond donors (Lipinski definition) is 1. The minimum atomic E-state index is -0.900. The molecule has 0 unspecified atom stereocenters. The fourth-order valence-electron chi connectivity index (χ4n) is 2.52. The van der Waals surface area contributed by atoms with Crippen molar-refractivity contribution in [2.24, 2.45) is 11.8 Å². The van der Waals surface area contributed by atoms with Gasteiger partial charge in [0.15, 0.2) is 0 Å². The molecule has 62 valence electrons. The van der Waals surface area contributed by atoms with Crippen LogP contribution in [0.3, 0.4) is 0 Å². The Balaban J connectivity index is 2.23. The summed E-state index contributed by atoms with van der Waals surface area (Å²) in [6.07, 6.45) is 3.93. The zero-order valence-electron chi connectivity index (χ0n) is 6.22. The van der Waals surface area contributed by atoms with Crippen LogP contribution < -0.4 is 0 Å². The third-order valence-electron chi connectivity index (χ3n) is 3.13. The second-order valence-electron chi connectivity index (χ2n) is 3.75. The number of aliphatic carboxylic acids is 1. The van der Waals surface area contributed by atoms with E-state index in [-0.39, 0.29) is 5.92 Å². The van der Waals surface area contributed by atoms with E-state index in [1.165, 1.54) is 6.42 Å². The van der Waals surface area contributed by atoms with E-state index in [2.05, 4.69) is 0 Å². The van der Waals surface area contributed by atoms with E-state index in [4.69, 9.17) is 16.7 Å². The van der Waals surface area contributed by atoms with Gasteiger partial charge in [-0.1, -0.05) is 6.42 Å². The van der Waals surface area contributed by atoms with E-state index in [9.17, 15) is 4.79 Å². The molecule has 2 nitrogen and oxygen atoms in total. The number of hydrogen-bond acceptors (Lipinski definition) is 1. The normalized spacial score (nSPS) is 48.1. The van der Waals surface area contributed by atoms with Crippen LogP contribution in [-0.4, -0.2) is 16.0 Å². The molecule has 0 saturated heterocycles. The highest BCUT2D eigenvalue weighted by Gasteiger charge is 2.54. The fourth-order valence-corrected chi connectivity index (χ4v) is 2.94. The van der Waals surface area contributed by atoms with Crippen LogP contribution in [0.15, 0.2) is 0 Å². The lowest BCUT2D eigenvalue weighted by Gasteiger charge is -2.26. The number of rotatable bonds is 1. The molecule has 0 aromatic carbocycles. The van der Waals surface area contributed by atoms with Crippen LogP contribution in [0.2, 0.25) is 0 Å². The average molecular weight is 175 g/mol. The van der Waals surface area contributed by atoms with E-state index >= 15 is 0 Å². The maximum Gasteiger partial charge on any atom is 0.325 e. The largest absolute Gasteiger partial charge is 0.480 e. The van der Waals surface area contributed by atoms with E-state index in [0.717, 1.165) is 12.8 Å². The highest BCUT2D eigenvalue weighted by atomic mass is 35.5. The predicted octanol–water partition coefficient (Wildman–Crippen LogP) is 1.87. The summed E-state index contributed by atoms with van der Waals surface area (Å²) in [5.41, 5.74) is 0. The van der Waals surface area contributed by atoms with Crippen LogP contribution in [0, 0.1) is 11.8 Å². The lowest BCUT2D eigenvalue weighted by Crippen LogP contribution is -2.37. The van der Waals surface area contributed by atoms with Gasteiger partial charge < -0.3 is 5.11 Å². The van der Waals surface area contributed by atoms with Gasteiger partial charge in [0.1, 0.15) is 4.87 Å². The Morgan fingerprint density at radius 1 is 1.55 bits per heavy atom. The van der Waals surface area contributed by atoms with Crippen molar-refractivity contribution >= 4 is 17.6 Å². The van der Waals surface area contributed by atoms with Gasteiger partial charge in [0.05, 0.1) is 0 Å². The Morgan fingerprint density at radius 2 is 2.27 bits per heavy atom. The molecule has 0 radical (unpaired) electrons. The van der Waals surface area contributed by atoms with Gasteiger partial charge in [-0.05, 0) is 31.1 Å². The van der Waals surface area contributed by atoms with Crippen molar-refractivity contribution < 1.29 is 9.90 Å². The van der Waals surface area contributed by atoms with Crippen LogP contribution in [0.1, 0.15) is 25.7 Å². The first-order valence-electron chi connectivity index (χ1n) is 4.05. The van der Waals surface area contributed by atoms with E-state index in [0.29, 0.717) is 12.3 Å². The van der Waals surface area contributed by atoms with Crippen molar-refractivity contribution in [3.63, 3.8) is 0 Å². The summed E-state index contributed by atoms with van der Waals surface area (Å²) in [4.78, 5) is 9.88. The Morgan fingerprint density at radius 3 is 2.55 bits per heavy atom. The smallest absolute Gasteiger partial charge is 0.325 e. The first kappa shape index (κ1) is 7.41. The molecule has 2 aliphatic rings. The van der Waals surface area contributed by atoms with Crippen molar-refractivity contribution in [2.75, 3.05) is 0 Å². The third-order valence-corrected chi connectivity index (χ3v) is 3.75. The molecule has 0 amide bonds. The van der Waals surface area contributed by atoms with Crippen LogP contribution in [0.25, 0.3) is 0 Å². The molecule has 3 atom stereocenters. The molecule has 2 bridgehead atoms. The summed E-state index contributed by atoms with van der Waals surface area (Å²) in [5.74, 6) is 0.0200. The maximum absolute atomic E-state index is 10.8. The molecule has 0 aromatic heterocycles. The van der Waals surface area contributed by atoms with Gasteiger partial charge in [0.2, 0.25) is 0 Å². The van der Waals surface area contributed by atoms with Crippen molar-refractivity contribution in [1.82, 2.24) is 0 Å². The highest BCUT2D eigenvalue weighted by molar-refractivity contribution is 6.34. The van der Waals surface area contributed by atoms with E-state index < -0.39 is 10.8 Å².